The molecule has 1 aliphatic heterocycles. The first-order chi connectivity index (χ1) is 15.8. The van der Waals surface area contributed by atoms with E-state index in [1.54, 1.807) is 17.9 Å². The predicted octanol–water partition coefficient (Wildman–Crippen LogP) is 3.33. The number of nitrogens with zero attached hydrogens (tertiary/aromatic N) is 5. The van der Waals surface area contributed by atoms with Crippen LogP contribution in [0.4, 0.5) is 5.69 Å². The predicted molar refractivity (Wildman–Crippen MR) is 121 cm³/mol. The molecule has 1 aliphatic rings. The highest BCUT2D eigenvalue weighted by molar-refractivity contribution is 8.04. The molecule has 4 rings (SSSR count). The molecule has 0 radical (unpaired) electrons. The monoisotopic (exact) mass is 465 g/mol. The van der Waals surface area contributed by atoms with Gasteiger partial charge in [0.15, 0.2) is 11.6 Å². The van der Waals surface area contributed by atoms with E-state index < -0.39 is 10.8 Å². The fraction of sp³-hybridized carbons (Fsp3) is 0.182. The fourth-order valence-corrected chi connectivity index (χ4v) is 4.47. The molecule has 0 spiro atoms. The van der Waals surface area contributed by atoms with Crippen LogP contribution in [0.1, 0.15) is 30.8 Å². The number of amides is 1. The lowest BCUT2D eigenvalue weighted by Crippen LogP contribution is -2.41. The van der Waals surface area contributed by atoms with Crippen LogP contribution in [0.3, 0.4) is 0 Å². The number of ketones is 1. The van der Waals surface area contributed by atoms with E-state index >= 15 is 0 Å². The maximum Gasteiger partial charge on any atom is 0.270 e. The van der Waals surface area contributed by atoms with Crippen molar-refractivity contribution in [3.63, 3.8) is 0 Å². The van der Waals surface area contributed by atoms with Gasteiger partial charge in [0.1, 0.15) is 5.75 Å². The molecule has 0 saturated heterocycles. The molecular weight excluding hydrogens is 446 g/mol. The minimum Gasteiger partial charge on any atom is -0.497 e. The van der Waals surface area contributed by atoms with Gasteiger partial charge in [-0.25, -0.2) is 9.69 Å². The number of Topliss-reactive ketones (excluding diaryl/α,β-unsaturated/α-hetero) is 1. The van der Waals surface area contributed by atoms with E-state index in [4.69, 9.17) is 4.74 Å². The maximum atomic E-state index is 12.9. The number of aromatic nitrogens is 3. The molecule has 0 fully saturated rings. The fourth-order valence-electron chi connectivity index (χ4n) is 3.49. The average molecular weight is 465 g/mol. The molecule has 1 amide bonds. The van der Waals surface area contributed by atoms with Gasteiger partial charge in [0, 0.05) is 31.0 Å². The third kappa shape index (κ3) is 4.22. The number of methoxy groups -OCH3 is 1. The van der Waals surface area contributed by atoms with Gasteiger partial charge in [-0.2, -0.15) is 0 Å². The van der Waals surface area contributed by atoms with Crippen LogP contribution in [0, 0.1) is 10.1 Å². The van der Waals surface area contributed by atoms with Crippen LogP contribution in [0.15, 0.2) is 58.6 Å². The molecule has 33 heavy (non-hydrogen) atoms. The van der Waals surface area contributed by atoms with Gasteiger partial charge in [-0.3, -0.25) is 19.7 Å². The first-order valence-electron chi connectivity index (χ1n) is 9.86. The van der Waals surface area contributed by atoms with Gasteiger partial charge in [-0.1, -0.05) is 24.3 Å². The number of rotatable bonds is 6. The second-order valence-electron chi connectivity index (χ2n) is 7.21. The molecule has 1 aromatic heterocycles. The zero-order valence-electron chi connectivity index (χ0n) is 18.0. The number of ether oxygens (including phenoxy) is 1. The first-order valence-corrected chi connectivity index (χ1v) is 10.7. The molecule has 11 heteroatoms. The maximum absolute atomic E-state index is 12.9. The van der Waals surface area contributed by atoms with Crippen molar-refractivity contribution < 1.29 is 19.2 Å². The number of nitro groups is 1. The molecule has 168 valence electrons. The zero-order valence-corrected chi connectivity index (χ0v) is 18.8. The number of hydrogen-bond acceptors (Lipinski definition) is 8. The van der Waals surface area contributed by atoms with Gasteiger partial charge in [-0.15, -0.1) is 10.2 Å². The van der Waals surface area contributed by atoms with E-state index in [0.29, 0.717) is 28.7 Å². The lowest BCUT2D eigenvalue weighted by molar-refractivity contribution is -0.384. The van der Waals surface area contributed by atoms with Crippen molar-refractivity contribution in [2.75, 3.05) is 12.1 Å². The Morgan fingerprint density at radius 3 is 2.45 bits per heavy atom. The Bertz CT molecular complexity index is 1300. The molecule has 0 aliphatic carbocycles. The number of carbonyl (C=O) groups excluding carboxylic acids is 2. The standard InChI is InChI=1S/C22H19N5O5S/c1-13(28)21-20(16-5-4-6-17(12-16)27(30)31)25(14(2)29)26-19(23-24-22(26)33-21)11-15-7-9-18(32-3)10-8-15/h4-10,12H,11H2,1-3H3. The SMILES string of the molecule is COc1ccc(Cc2nnc3n2N(C(C)=O)C(c2cccc([N+](=O)[O-])c2)=C(C(C)=O)S3)cc1. The van der Waals surface area contributed by atoms with E-state index in [-0.39, 0.29) is 22.1 Å². The van der Waals surface area contributed by atoms with E-state index in [1.807, 2.05) is 24.3 Å². The van der Waals surface area contributed by atoms with Crippen LogP contribution in [0.2, 0.25) is 0 Å². The third-order valence-electron chi connectivity index (χ3n) is 4.97. The van der Waals surface area contributed by atoms with Crippen LogP contribution < -0.4 is 9.75 Å². The number of fused-ring (bicyclic) bond motifs is 1. The first kappa shape index (κ1) is 22.2. The molecule has 0 unspecified atom stereocenters. The van der Waals surface area contributed by atoms with Crippen molar-refractivity contribution in [1.29, 1.82) is 0 Å². The van der Waals surface area contributed by atoms with E-state index in [1.165, 1.54) is 37.1 Å². The molecule has 2 heterocycles. The number of nitro benzene ring substituents is 1. The highest BCUT2D eigenvalue weighted by atomic mass is 32.2. The molecule has 10 nitrogen and oxygen atoms in total. The summed E-state index contributed by atoms with van der Waals surface area (Å²) in [4.78, 5) is 36.4. The number of allylic oxidation sites excluding steroid dienone is 1. The average Bonchev–Trinajstić information content (AvgIpc) is 3.20. The summed E-state index contributed by atoms with van der Waals surface area (Å²) in [6, 6.07) is 13.2. The molecule has 0 atom stereocenters. The van der Waals surface area contributed by atoms with E-state index in [9.17, 15) is 19.7 Å². The summed E-state index contributed by atoms with van der Waals surface area (Å²) >= 11 is 1.08. The molecular formula is C22H19N5O5S. The van der Waals surface area contributed by atoms with Crippen molar-refractivity contribution in [3.05, 3.63) is 80.5 Å². The van der Waals surface area contributed by atoms with Crippen LogP contribution in [0.5, 0.6) is 5.75 Å². The summed E-state index contributed by atoms with van der Waals surface area (Å²) in [5, 5.41) is 21.4. The van der Waals surface area contributed by atoms with Gasteiger partial charge in [0.2, 0.25) is 11.1 Å². The normalized spacial score (nSPS) is 13.0. The van der Waals surface area contributed by atoms with Gasteiger partial charge in [-0.05, 0) is 36.4 Å². The van der Waals surface area contributed by atoms with Gasteiger partial charge < -0.3 is 4.74 Å². The number of hydrogen-bond donors (Lipinski definition) is 0. The second-order valence-corrected chi connectivity index (χ2v) is 8.19. The third-order valence-corrected chi connectivity index (χ3v) is 6.09. The minimum absolute atomic E-state index is 0.149. The smallest absolute Gasteiger partial charge is 0.270 e. The minimum atomic E-state index is -0.523. The summed E-state index contributed by atoms with van der Waals surface area (Å²) in [5.74, 6) is 0.500. The van der Waals surface area contributed by atoms with Gasteiger partial charge in [0.05, 0.1) is 22.6 Å². The number of benzene rings is 2. The molecule has 3 aromatic rings. The Morgan fingerprint density at radius 2 is 1.85 bits per heavy atom. The zero-order chi connectivity index (χ0) is 23.7. The Kier molecular flexibility index (Phi) is 5.97. The summed E-state index contributed by atoms with van der Waals surface area (Å²) in [7, 11) is 1.58. The Morgan fingerprint density at radius 1 is 1.12 bits per heavy atom. The van der Waals surface area contributed by atoms with Crippen LogP contribution >= 0.6 is 11.8 Å². The summed E-state index contributed by atoms with van der Waals surface area (Å²) < 4.78 is 6.75. The lowest BCUT2D eigenvalue weighted by atomic mass is 10.1. The van der Waals surface area contributed by atoms with Crippen molar-refractivity contribution in [1.82, 2.24) is 14.9 Å². The molecule has 0 N–H and O–H groups in total. The van der Waals surface area contributed by atoms with Crippen molar-refractivity contribution >= 4 is 34.8 Å². The molecule has 0 saturated carbocycles. The van der Waals surface area contributed by atoms with Crippen LogP contribution in [-0.2, 0) is 16.0 Å². The van der Waals surface area contributed by atoms with E-state index in [2.05, 4.69) is 10.2 Å². The highest BCUT2D eigenvalue weighted by Gasteiger charge is 2.35. The van der Waals surface area contributed by atoms with Gasteiger partial charge >= 0.3 is 0 Å². The van der Waals surface area contributed by atoms with Crippen molar-refractivity contribution in [3.8, 4) is 5.75 Å². The Hall–Kier alpha value is -3.99. The quantitative estimate of drug-likeness (QED) is 0.401. The molecule has 0 bridgehead atoms. The number of non-ortho nitro benzene ring substituents is 1. The summed E-state index contributed by atoms with van der Waals surface area (Å²) in [6.45, 7) is 2.73. The van der Waals surface area contributed by atoms with Gasteiger partial charge in [0.25, 0.3) is 5.69 Å². The van der Waals surface area contributed by atoms with Crippen LogP contribution in [-0.4, -0.2) is 38.6 Å². The summed E-state index contributed by atoms with van der Waals surface area (Å²) in [6.07, 6.45) is 0.360. The second kappa shape index (κ2) is 8.87. The largest absolute Gasteiger partial charge is 0.497 e. The van der Waals surface area contributed by atoms with Crippen LogP contribution in [0.25, 0.3) is 5.70 Å². The Balaban J connectivity index is 1.84. The topological polar surface area (TPSA) is 120 Å². The Labute approximate surface area is 193 Å². The lowest BCUT2D eigenvalue weighted by Gasteiger charge is -2.32. The van der Waals surface area contributed by atoms with E-state index in [0.717, 1.165) is 17.3 Å². The van der Waals surface area contributed by atoms with Crippen molar-refractivity contribution in [2.45, 2.75) is 25.4 Å². The highest BCUT2D eigenvalue weighted by Crippen LogP contribution is 2.40. The number of thioether (sulfide) groups is 1. The summed E-state index contributed by atoms with van der Waals surface area (Å²) in [5.41, 5.74) is 1.39. The molecule has 2 aromatic carbocycles. The van der Waals surface area contributed by atoms with Crippen molar-refractivity contribution in [2.24, 2.45) is 0 Å². The number of carbonyl (C=O) groups is 2.